The van der Waals surface area contributed by atoms with Crippen molar-refractivity contribution < 1.29 is 9.47 Å². The summed E-state index contributed by atoms with van der Waals surface area (Å²) in [6, 6.07) is 5.78. The van der Waals surface area contributed by atoms with Gasteiger partial charge in [0.2, 0.25) is 0 Å². The van der Waals surface area contributed by atoms with Crippen molar-refractivity contribution >= 4 is 28.5 Å². The predicted octanol–water partition coefficient (Wildman–Crippen LogP) is 3.24. The summed E-state index contributed by atoms with van der Waals surface area (Å²) >= 11 is 6.42. The van der Waals surface area contributed by atoms with E-state index in [1.807, 2.05) is 32.0 Å². The molecule has 0 saturated carbocycles. The SMILES string of the molecule is CCOc1ccc(-c2ncc(C(N)=S)s2)cc1OCC. The Kier molecular flexibility index (Phi) is 4.92. The van der Waals surface area contributed by atoms with Gasteiger partial charge in [-0.25, -0.2) is 4.98 Å². The van der Waals surface area contributed by atoms with Gasteiger partial charge in [0.05, 0.1) is 18.1 Å². The highest BCUT2D eigenvalue weighted by Gasteiger charge is 2.11. The number of rotatable bonds is 6. The van der Waals surface area contributed by atoms with E-state index in [2.05, 4.69) is 4.98 Å². The zero-order chi connectivity index (χ0) is 14.5. The quantitative estimate of drug-likeness (QED) is 0.830. The lowest BCUT2D eigenvalue weighted by atomic mass is 10.2. The number of nitrogens with zero attached hydrogens (tertiary/aromatic N) is 1. The van der Waals surface area contributed by atoms with Gasteiger partial charge in [0.1, 0.15) is 10.00 Å². The molecule has 0 fully saturated rings. The van der Waals surface area contributed by atoms with E-state index >= 15 is 0 Å². The summed E-state index contributed by atoms with van der Waals surface area (Å²) in [5.41, 5.74) is 6.57. The van der Waals surface area contributed by atoms with Crippen LogP contribution in [0.5, 0.6) is 11.5 Å². The smallest absolute Gasteiger partial charge is 0.161 e. The normalized spacial score (nSPS) is 10.3. The van der Waals surface area contributed by atoms with Gasteiger partial charge in [-0.3, -0.25) is 0 Å². The predicted molar refractivity (Wildman–Crippen MR) is 85.8 cm³/mol. The van der Waals surface area contributed by atoms with E-state index in [0.717, 1.165) is 26.9 Å². The van der Waals surface area contributed by atoms with Crippen LogP contribution in [0.4, 0.5) is 0 Å². The summed E-state index contributed by atoms with van der Waals surface area (Å²) in [5.74, 6) is 1.46. The van der Waals surface area contributed by atoms with Crippen LogP contribution in [0.25, 0.3) is 10.6 Å². The van der Waals surface area contributed by atoms with Gasteiger partial charge in [0.15, 0.2) is 11.5 Å². The zero-order valence-corrected chi connectivity index (χ0v) is 13.0. The Morgan fingerprint density at radius 3 is 2.55 bits per heavy atom. The number of ether oxygens (including phenoxy) is 2. The summed E-state index contributed by atoms with van der Waals surface area (Å²) < 4.78 is 11.1. The summed E-state index contributed by atoms with van der Waals surface area (Å²) in [6.07, 6.45) is 1.69. The van der Waals surface area contributed by atoms with Crippen molar-refractivity contribution in [2.75, 3.05) is 13.2 Å². The third-order valence-corrected chi connectivity index (χ3v) is 3.97. The Labute approximate surface area is 127 Å². The first kappa shape index (κ1) is 14.7. The number of hydrogen-bond donors (Lipinski definition) is 1. The molecule has 0 aliphatic carbocycles. The first-order valence-corrected chi connectivity index (χ1v) is 7.53. The number of nitrogens with two attached hydrogens (primary N) is 1. The molecule has 106 valence electrons. The van der Waals surface area contributed by atoms with E-state index in [9.17, 15) is 0 Å². The number of benzene rings is 1. The van der Waals surface area contributed by atoms with Crippen LogP contribution in [0.2, 0.25) is 0 Å². The molecular weight excluding hydrogens is 292 g/mol. The van der Waals surface area contributed by atoms with Crippen molar-refractivity contribution in [3.8, 4) is 22.1 Å². The summed E-state index contributed by atoms with van der Waals surface area (Å²) in [7, 11) is 0. The van der Waals surface area contributed by atoms with E-state index in [0.29, 0.717) is 18.2 Å². The van der Waals surface area contributed by atoms with Crippen molar-refractivity contribution in [3.05, 3.63) is 29.3 Å². The minimum Gasteiger partial charge on any atom is -0.490 e. The maximum atomic E-state index is 5.61. The maximum Gasteiger partial charge on any atom is 0.161 e. The van der Waals surface area contributed by atoms with Gasteiger partial charge in [0, 0.05) is 11.8 Å². The second-order valence-electron chi connectivity index (χ2n) is 3.92. The highest BCUT2D eigenvalue weighted by Crippen LogP contribution is 2.34. The van der Waals surface area contributed by atoms with Crippen molar-refractivity contribution in [2.24, 2.45) is 5.73 Å². The van der Waals surface area contributed by atoms with Crippen LogP contribution in [-0.4, -0.2) is 23.2 Å². The summed E-state index contributed by atoms with van der Waals surface area (Å²) in [4.78, 5) is 5.51. The molecule has 6 heteroatoms. The summed E-state index contributed by atoms with van der Waals surface area (Å²) in [5, 5.41) is 0.858. The molecule has 0 spiro atoms. The zero-order valence-electron chi connectivity index (χ0n) is 11.4. The van der Waals surface area contributed by atoms with Gasteiger partial charge in [0.25, 0.3) is 0 Å². The average molecular weight is 308 g/mol. The van der Waals surface area contributed by atoms with Crippen LogP contribution < -0.4 is 15.2 Å². The minimum absolute atomic E-state index is 0.365. The largest absolute Gasteiger partial charge is 0.490 e. The molecule has 0 aliphatic rings. The number of hydrogen-bond acceptors (Lipinski definition) is 5. The molecule has 4 nitrogen and oxygen atoms in total. The molecule has 1 aromatic heterocycles. The molecule has 2 N–H and O–H groups in total. The van der Waals surface area contributed by atoms with E-state index in [1.54, 1.807) is 6.20 Å². The third kappa shape index (κ3) is 3.26. The molecule has 0 amide bonds. The van der Waals surface area contributed by atoms with Gasteiger partial charge in [-0.15, -0.1) is 11.3 Å². The van der Waals surface area contributed by atoms with Gasteiger partial charge >= 0.3 is 0 Å². The molecule has 2 aromatic rings. The Balaban J connectivity index is 2.36. The maximum absolute atomic E-state index is 5.61. The Morgan fingerprint density at radius 1 is 1.25 bits per heavy atom. The van der Waals surface area contributed by atoms with Crippen LogP contribution in [0, 0.1) is 0 Å². The van der Waals surface area contributed by atoms with E-state index < -0.39 is 0 Å². The molecule has 0 unspecified atom stereocenters. The van der Waals surface area contributed by atoms with Crippen molar-refractivity contribution in [2.45, 2.75) is 13.8 Å². The van der Waals surface area contributed by atoms with Gasteiger partial charge < -0.3 is 15.2 Å². The first-order valence-electron chi connectivity index (χ1n) is 6.31. The minimum atomic E-state index is 0.365. The molecule has 20 heavy (non-hydrogen) atoms. The molecule has 0 radical (unpaired) electrons. The topological polar surface area (TPSA) is 57.4 Å². The lowest BCUT2D eigenvalue weighted by Crippen LogP contribution is -2.06. The van der Waals surface area contributed by atoms with Crippen LogP contribution >= 0.6 is 23.6 Å². The molecule has 0 bridgehead atoms. The van der Waals surface area contributed by atoms with Crippen LogP contribution in [0.15, 0.2) is 24.4 Å². The van der Waals surface area contributed by atoms with E-state index in [4.69, 9.17) is 27.4 Å². The van der Waals surface area contributed by atoms with Gasteiger partial charge in [-0.2, -0.15) is 0 Å². The third-order valence-electron chi connectivity index (χ3n) is 2.54. The monoisotopic (exact) mass is 308 g/mol. The first-order chi connectivity index (χ1) is 9.65. The van der Waals surface area contributed by atoms with Crippen molar-refractivity contribution in [1.82, 2.24) is 4.98 Å². The lowest BCUT2D eigenvalue weighted by molar-refractivity contribution is 0.288. The Hall–Kier alpha value is -1.66. The van der Waals surface area contributed by atoms with E-state index in [-0.39, 0.29) is 0 Å². The van der Waals surface area contributed by atoms with Gasteiger partial charge in [-0.1, -0.05) is 12.2 Å². The summed E-state index contributed by atoms with van der Waals surface area (Å²) in [6.45, 7) is 5.07. The fourth-order valence-corrected chi connectivity index (χ4v) is 2.65. The molecule has 0 saturated heterocycles. The van der Waals surface area contributed by atoms with Crippen molar-refractivity contribution in [1.29, 1.82) is 0 Å². The molecule has 1 heterocycles. The van der Waals surface area contributed by atoms with Crippen LogP contribution in [0.1, 0.15) is 18.7 Å². The molecule has 1 aromatic carbocycles. The van der Waals surface area contributed by atoms with Crippen LogP contribution in [0.3, 0.4) is 0 Å². The molecule has 0 aliphatic heterocycles. The molecule has 0 atom stereocenters. The van der Waals surface area contributed by atoms with Crippen LogP contribution in [-0.2, 0) is 0 Å². The lowest BCUT2D eigenvalue weighted by Gasteiger charge is -2.11. The van der Waals surface area contributed by atoms with Gasteiger partial charge in [-0.05, 0) is 32.0 Å². The van der Waals surface area contributed by atoms with Crippen molar-refractivity contribution in [3.63, 3.8) is 0 Å². The fraction of sp³-hybridized carbons (Fsp3) is 0.286. The average Bonchev–Trinajstić information content (AvgIpc) is 2.91. The number of aromatic nitrogens is 1. The fourth-order valence-electron chi connectivity index (χ4n) is 1.71. The highest BCUT2D eigenvalue weighted by molar-refractivity contribution is 7.81. The second-order valence-corrected chi connectivity index (χ2v) is 5.39. The highest BCUT2D eigenvalue weighted by atomic mass is 32.1. The number of thiocarbonyl (C=S) groups is 1. The number of thiazole rings is 1. The standard InChI is InChI=1S/C14H16N2O2S2/c1-3-17-10-6-5-9(7-11(10)18-4-2)14-16-8-12(20-14)13(15)19/h5-8H,3-4H2,1-2H3,(H2,15,19). The Morgan fingerprint density at radius 2 is 1.95 bits per heavy atom. The molecule has 2 rings (SSSR count). The molecular formula is C14H16N2O2S2. The van der Waals surface area contributed by atoms with E-state index in [1.165, 1.54) is 11.3 Å². The Bertz CT molecular complexity index is 611. The second kappa shape index (κ2) is 6.67.